The summed E-state index contributed by atoms with van der Waals surface area (Å²) in [6.45, 7) is 4.14. The van der Waals surface area contributed by atoms with Crippen molar-refractivity contribution in [2.24, 2.45) is 5.92 Å². The minimum absolute atomic E-state index is 0.00978. The van der Waals surface area contributed by atoms with Gasteiger partial charge in [-0.25, -0.2) is 0 Å². The smallest absolute Gasteiger partial charge is 0.327 e. The fourth-order valence-corrected chi connectivity index (χ4v) is 9.78. The highest BCUT2D eigenvalue weighted by Gasteiger charge is 2.75. The molecule has 5 heteroatoms. The molecule has 1 spiro atoms. The van der Waals surface area contributed by atoms with E-state index in [1.54, 1.807) is 0 Å². The molecular formula is C42H44N2O3. The first-order valence-electron chi connectivity index (χ1n) is 17.7. The zero-order valence-corrected chi connectivity index (χ0v) is 27.2. The van der Waals surface area contributed by atoms with Gasteiger partial charge in [-0.1, -0.05) is 97.1 Å². The Labute approximate surface area is 278 Å². The van der Waals surface area contributed by atoms with Crippen LogP contribution in [0.3, 0.4) is 0 Å². The number of rotatable bonds is 10. The molecule has 3 aliphatic heterocycles. The zero-order valence-electron chi connectivity index (χ0n) is 27.2. The quantitative estimate of drug-likeness (QED) is 0.171. The number of piperidine rings is 1. The van der Waals surface area contributed by atoms with Gasteiger partial charge in [-0.3, -0.25) is 14.6 Å². The van der Waals surface area contributed by atoms with Gasteiger partial charge in [-0.2, -0.15) is 0 Å². The summed E-state index contributed by atoms with van der Waals surface area (Å²) in [5.74, 6) is 1.69. The van der Waals surface area contributed by atoms with Gasteiger partial charge in [0, 0.05) is 25.0 Å². The fraction of sp³-hybridized carbons (Fsp3) is 0.405. The molecule has 1 unspecified atom stereocenters. The molecule has 47 heavy (non-hydrogen) atoms. The van der Waals surface area contributed by atoms with Gasteiger partial charge < -0.3 is 9.47 Å². The number of fused-ring (bicyclic) bond motifs is 3. The SMILES string of the molecule is O=C1O[C@@]23CCC1(N(Cc1ccccc1)Cc1ccccc1)C[C@@]21CCN(CC2CC2)[C@@H]3Cc2ccc(OCc3ccccc3)cc21. The van der Waals surface area contributed by atoms with Crippen molar-refractivity contribution < 1.29 is 14.3 Å². The monoisotopic (exact) mass is 624 g/mol. The van der Waals surface area contributed by atoms with E-state index in [1.807, 2.05) is 6.07 Å². The number of hydrogen-bond donors (Lipinski definition) is 0. The van der Waals surface area contributed by atoms with Crippen molar-refractivity contribution >= 4 is 5.97 Å². The lowest BCUT2D eigenvalue weighted by Gasteiger charge is -2.71. The lowest BCUT2D eigenvalue weighted by Crippen LogP contribution is -2.82. The minimum Gasteiger partial charge on any atom is -0.489 e. The second-order valence-corrected chi connectivity index (χ2v) is 14.9. The average molecular weight is 625 g/mol. The largest absolute Gasteiger partial charge is 0.489 e. The van der Waals surface area contributed by atoms with Gasteiger partial charge in [0.25, 0.3) is 0 Å². The lowest BCUT2D eigenvalue weighted by atomic mass is 9.44. The van der Waals surface area contributed by atoms with Gasteiger partial charge in [0.2, 0.25) is 0 Å². The average Bonchev–Trinajstić information content (AvgIpc) is 3.94. The fourth-order valence-electron chi connectivity index (χ4n) is 9.78. The molecule has 6 aliphatic rings. The van der Waals surface area contributed by atoms with Crippen LogP contribution in [0.5, 0.6) is 5.75 Å². The molecule has 0 N–H and O–H groups in total. The highest BCUT2D eigenvalue weighted by atomic mass is 16.6. The zero-order chi connectivity index (χ0) is 31.5. The predicted octanol–water partition coefficient (Wildman–Crippen LogP) is 7.46. The summed E-state index contributed by atoms with van der Waals surface area (Å²) in [5.41, 5.74) is 4.92. The Balaban J connectivity index is 1.14. The lowest BCUT2D eigenvalue weighted by molar-refractivity contribution is -0.263. The Bertz CT molecular complexity index is 1720. The van der Waals surface area contributed by atoms with E-state index in [9.17, 15) is 4.79 Å². The first kappa shape index (κ1) is 29.2. The predicted molar refractivity (Wildman–Crippen MR) is 183 cm³/mol. The third-order valence-electron chi connectivity index (χ3n) is 12.3. The summed E-state index contributed by atoms with van der Waals surface area (Å²) in [6.07, 6.45) is 7.13. The number of likely N-dealkylation sites (tertiary alicyclic amines) is 1. The Morgan fingerprint density at radius 2 is 1.45 bits per heavy atom. The first-order chi connectivity index (χ1) is 23.1. The summed E-state index contributed by atoms with van der Waals surface area (Å²) in [4.78, 5) is 19.9. The maximum atomic E-state index is 14.7. The van der Waals surface area contributed by atoms with E-state index >= 15 is 0 Å². The van der Waals surface area contributed by atoms with Crippen molar-refractivity contribution in [1.29, 1.82) is 0 Å². The molecule has 5 nitrogen and oxygen atoms in total. The van der Waals surface area contributed by atoms with Crippen LogP contribution in [0, 0.1) is 5.92 Å². The van der Waals surface area contributed by atoms with Gasteiger partial charge in [0.1, 0.15) is 23.5 Å². The molecule has 0 aromatic heterocycles. The molecule has 2 saturated carbocycles. The van der Waals surface area contributed by atoms with E-state index in [0.29, 0.717) is 19.7 Å². The molecule has 4 aromatic rings. The number of carbonyl (C=O) groups excluding carboxylic acids is 1. The molecule has 4 atom stereocenters. The normalized spacial score (nSPS) is 29.2. The molecule has 5 fully saturated rings. The highest BCUT2D eigenvalue weighted by molar-refractivity contribution is 5.85. The Morgan fingerprint density at radius 3 is 2.09 bits per heavy atom. The molecule has 3 aliphatic carbocycles. The van der Waals surface area contributed by atoms with Crippen molar-refractivity contribution in [3.05, 3.63) is 137 Å². The number of carbonyl (C=O) groups is 1. The number of hydrogen-bond acceptors (Lipinski definition) is 5. The van der Waals surface area contributed by atoms with E-state index < -0.39 is 11.1 Å². The van der Waals surface area contributed by atoms with Crippen LogP contribution in [0.1, 0.15) is 66.3 Å². The van der Waals surface area contributed by atoms with Gasteiger partial charge in [-0.15, -0.1) is 0 Å². The van der Waals surface area contributed by atoms with E-state index in [0.717, 1.165) is 62.4 Å². The van der Waals surface area contributed by atoms with Crippen molar-refractivity contribution in [2.75, 3.05) is 13.1 Å². The molecule has 4 aromatic carbocycles. The van der Waals surface area contributed by atoms with Gasteiger partial charge in [0.05, 0.1) is 6.04 Å². The van der Waals surface area contributed by atoms with Gasteiger partial charge >= 0.3 is 5.97 Å². The summed E-state index contributed by atoms with van der Waals surface area (Å²) in [5, 5.41) is 0. The second kappa shape index (κ2) is 11.4. The van der Waals surface area contributed by atoms with Gasteiger partial charge in [-0.05, 0) is 97.4 Å². The molecule has 10 rings (SSSR count). The summed E-state index contributed by atoms with van der Waals surface area (Å²) in [7, 11) is 0. The third kappa shape index (κ3) is 4.85. The van der Waals surface area contributed by atoms with Crippen LogP contribution in [-0.4, -0.2) is 46.0 Å². The maximum absolute atomic E-state index is 14.7. The van der Waals surface area contributed by atoms with Crippen molar-refractivity contribution in [3.63, 3.8) is 0 Å². The Kier molecular flexibility index (Phi) is 7.06. The summed E-state index contributed by atoms with van der Waals surface area (Å²) >= 11 is 0. The van der Waals surface area contributed by atoms with Crippen LogP contribution >= 0.6 is 0 Å². The molecular weight excluding hydrogens is 580 g/mol. The molecule has 3 saturated heterocycles. The maximum Gasteiger partial charge on any atom is 0.327 e. The van der Waals surface area contributed by atoms with Crippen LogP contribution in [0.4, 0.5) is 0 Å². The minimum atomic E-state index is -0.702. The number of nitrogens with zero attached hydrogens (tertiary/aromatic N) is 2. The number of esters is 1. The number of ether oxygens (including phenoxy) is 2. The van der Waals surface area contributed by atoms with Crippen LogP contribution in [0.2, 0.25) is 0 Å². The van der Waals surface area contributed by atoms with E-state index in [2.05, 4.69) is 113 Å². The van der Waals surface area contributed by atoms with E-state index in [4.69, 9.17) is 9.47 Å². The standard InChI is InChI=1S/C42H44N2O3/c45-39-41(44(27-31-10-4-1-5-11-31)28-32-12-6-2-7-13-32)20-21-42(47-39)38-24-35-18-19-36(46-29-34-14-8-3-9-15-34)25-37(35)40(42,30-41)22-23-43(38)26-33-16-17-33/h1-15,18-19,25,33,38H,16-17,20-24,26-30H2/t38-,40-,41?,42-/m1/s1. The van der Waals surface area contributed by atoms with Crippen LogP contribution in [0.15, 0.2) is 109 Å². The number of benzene rings is 4. The third-order valence-corrected chi connectivity index (χ3v) is 12.3. The Hall–Kier alpha value is -3.93. The van der Waals surface area contributed by atoms with Crippen molar-refractivity contribution in [3.8, 4) is 5.75 Å². The van der Waals surface area contributed by atoms with Crippen LogP contribution < -0.4 is 4.74 Å². The topological polar surface area (TPSA) is 42.0 Å². The molecule has 240 valence electrons. The Morgan fingerprint density at radius 1 is 0.787 bits per heavy atom. The molecule has 0 amide bonds. The van der Waals surface area contributed by atoms with Crippen LogP contribution in [0.25, 0.3) is 0 Å². The van der Waals surface area contributed by atoms with E-state index in [1.165, 1.54) is 35.1 Å². The van der Waals surface area contributed by atoms with Crippen molar-refractivity contribution in [2.45, 2.75) is 87.2 Å². The van der Waals surface area contributed by atoms with Crippen LogP contribution in [-0.2, 0) is 41.1 Å². The summed E-state index contributed by atoms with van der Waals surface area (Å²) < 4.78 is 13.5. The molecule has 3 heterocycles. The summed E-state index contributed by atoms with van der Waals surface area (Å²) in [6, 6.07) is 38.7. The first-order valence-corrected chi connectivity index (χ1v) is 17.7. The van der Waals surface area contributed by atoms with E-state index in [-0.39, 0.29) is 17.4 Å². The molecule has 4 bridgehead atoms. The highest BCUT2D eigenvalue weighted by Crippen LogP contribution is 2.66. The second-order valence-electron chi connectivity index (χ2n) is 14.9. The molecule has 0 radical (unpaired) electrons. The van der Waals surface area contributed by atoms with Crippen molar-refractivity contribution in [1.82, 2.24) is 9.80 Å². The van der Waals surface area contributed by atoms with Gasteiger partial charge in [0.15, 0.2) is 0 Å².